The Morgan fingerprint density at radius 1 is 1.13 bits per heavy atom. The summed E-state index contributed by atoms with van der Waals surface area (Å²) in [5.41, 5.74) is 2.88. The summed E-state index contributed by atoms with van der Waals surface area (Å²) >= 11 is 0. The molecule has 1 aromatic heterocycles. The molecule has 3 aromatic rings. The van der Waals surface area contributed by atoms with Gasteiger partial charge < -0.3 is 15.6 Å². The van der Waals surface area contributed by atoms with Gasteiger partial charge in [0.25, 0.3) is 0 Å². The Labute approximate surface area is 176 Å². The zero-order valence-electron chi connectivity index (χ0n) is 17.2. The highest BCUT2D eigenvalue weighted by Gasteiger charge is 2.16. The molecule has 9 heteroatoms. The lowest BCUT2D eigenvalue weighted by Crippen LogP contribution is -2.37. The second kappa shape index (κ2) is 9.27. The molecule has 30 heavy (non-hydrogen) atoms. The van der Waals surface area contributed by atoms with Gasteiger partial charge in [0.2, 0.25) is 10.0 Å². The Kier molecular flexibility index (Phi) is 6.73. The summed E-state index contributed by atoms with van der Waals surface area (Å²) < 4.78 is 38.9. The minimum absolute atomic E-state index is 0.252. The summed E-state index contributed by atoms with van der Waals surface area (Å²) in [6, 6.07) is 11.5. The van der Waals surface area contributed by atoms with Crippen molar-refractivity contribution < 1.29 is 12.8 Å². The predicted molar refractivity (Wildman–Crippen MR) is 117 cm³/mol. The minimum atomic E-state index is -3.43. The average molecular weight is 432 g/mol. The van der Waals surface area contributed by atoms with E-state index in [-0.39, 0.29) is 10.7 Å². The first kappa shape index (κ1) is 21.8. The molecule has 2 aromatic carbocycles. The lowest BCUT2D eigenvalue weighted by molar-refractivity contribution is 0.520. The van der Waals surface area contributed by atoms with Gasteiger partial charge in [0.1, 0.15) is 5.82 Å². The molecule has 0 unspecified atom stereocenters. The number of hydrogen-bond acceptors (Lipinski definition) is 3. The number of nitrogens with zero attached hydrogens (tertiary/aromatic N) is 2. The maximum atomic E-state index is 13.5. The van der Waals surface area contributed by atoms with Gasteiger partial charge in [-0.3, -0.25) is 4.99 Å². The van der Waals surface area contributed by atoms with Crippen LogP contribution in [0.3, 0.4) is 0 Å². The zero-order chi connectivity index (χ0) is 21.7. The van der Waals surface area contributed by atoms with E-state index >= 15 is 0 Å². The van der Waals surface area contributed by atoms with Crippen molar-refractivity contribution in [1.29, 1.82) is 0 Å². The van der Waals surface area contributed by atoms with Crippen LogP contribution in [-0.2, 0) is 23.0 Å². The highest BCUT2D eigenvalue weighted by molar-refractivity contribution is 7.89. The first-order valence-electron chi connectivity index (χ1n) is 9.53. The van der Waals surface area contributed by atoms with Crippen LogP contribution in [0.5, 0.6) is 0 Å². The Morgan fingerprint density at radius 3 is 2.53 bits per heavy atom. The quantitative estimate of drug-likeness (QED) is 0.396. The van der Waals surface area contributed by atoms with Gasteiger partial charge in [-0.05, 0) is 47.9 Å². The molecule has 3 N–H and O–H groups in total. The monoisotopic (exact) mass is 431 g/mol. The number of nitrogens with one attached hydrogen (secondary N) is 3. The Balaban J connectivity index is 1.53. The number of aliphatic imine (C=N–C) groups is 1. The summed E-state index contributed by atoms with van der Waals surface area (Å²) in [4.78, 5) is 7.61. The van der Waals surface area contributed by atoms with E-state index in [1.165, 1.54) is 30.5 Å². The SMILES string of the molecule is CN=C(NCCc1c[nH]c2ccc(F)cc12)NCc1ccc(S(=O)(=O)N(C)C)cc1. The summed E-state index contributed by atoms with van der Waals surface area (Å²) in [5.74, 6) is 0.379. The van der Waals surface area contributed by atoms with Crippen molar-refractivity contribution >= 4 is 26.9 Å². The molecule has 0 saturated heterocycles. The van der Waals surface area contributed by atoms with Crippen molar-refractivity contribution in [3.8, 4) is 0 Å². The van der Waals surface area contributed by atoms with Crippen molar-refractivity contribution in [2.24, 2.45) is 4.99 Å². The third kappa shape index (κ3) is 4.98. The average Bonchev–Trinajstić information content (AvgIpc) is 3.12. The summed E-state index contributed by atoms with van der Waals surface area (Å²) in [5, 5.41) is 7.32. The topological polar surface area (TPSA) is 89.6 Å². The van der Waals surface area contributed by atoms with Crippen LogP contribution >= 0.6 is 0 Å². The number of halogens is 1. The maximum Gasteiger partial charge on any atom is 0.242 e. The standard InChI is InChI=1S/C21H26FN5O2S/c1-23-21(24-11-10-16-14-25-20-9-6-17(22)12-19(16)20)26-13-15-4-7-18(8-5-15)30(28,29)27(2)3/h4-9,12,14,25H,10-11,13H2,1-3H3,(H2,23,24,26). The number of H-pyrrole nitrogens is 1. The molecule has 3 rings (SSSR count). The molecule has 0 radical (unpaired) electrons. The number of aromatic nitrogens is 1. The van der Waals surface area contributed by atoms with E-state index in [4.69, 9.17) is 0 Å². The van der Waals surface area contributed by atoms with Crippen LogP contribution in [0, 0.1) is 5.82 Å². The largest absolute Gasteiger partial charge is 0.361 e. The molecule has 0 aliphatic rings. The van der Waals surface area contributed by atoms with Crippen molar-refractivity contribution in [2.45, 2.75) is 17.9 Å². The highest BCUT2D eigenvalue weighted by Crippen LogP contribution is 2.19. The molecule has 0 saturated carbocycles. The molecule has 0 atom stereocenters. The van der Waals surface area contributed by atoms with E-state index in [1.54, 1.807) is 37.4 Å². The van der Waals surface area contributed by atoms with E-state index < -0.39 is 10.0 Å². The number of guanidine groups is 1. The van der Waals surface area contributed by atoms with Gasteiger partial charge in [-0.1, -0.05) is 12.1 Å². The molecule has 0 spiro atoms. The summed E-state index contributed by atoms with van der Waals surface area (Å²) in [7, 11) is 1.27. The molecule has 0 aliphatic carbocycles. The molecule has 0 amide bonds. The molecule has 1 heterocycles. The van der Waals surface area contributed by atoms with E-state index in [9.17, 15) is 12.8 Å². The highest BCUT2D eigenvalue weighted by atomic mass is 32.2. The molecule has 0 bridgehead atoms. The minimum Gasteiger partial charge on any atom is -0.361 e. The lowest BCUT2D eigenvalue weighted by Gasteiger charge is -2.13. The molecule has 0 aliphatic heterocycles. The fraction of sp³-hybridized carbons (Fsp3) is 0.286. The lowest BCUT2D eigenvalue weighted by atomic mass is 10.1. The van der Waals surface area contributed by atoms with Gasteiger partial charge in [0.15, 0.2) is 5.96 Å². The second-order valence-corrected chi connectivity index (χ2v) is 9.19. The Morgan fingerprint density at radius 2 is 1.87 bits per heavy atom. The van der Waals surface area contributed by atoms with E-state index in [2.05, 4.69) is 20.6 Å². The maximum absolute atomic E-state index is 13.5. The third-order valence-corrected chi connectivity index (χ3v) is 6.63. The van der Waals surface area contributed by atoms with Crippen molar-refractivity contribution in [2.75, 3.05) is 27.7 Å². The van der Waals surface area contributed by atoms with Crippen LogP contribution in [0.25, 0.3) is 10.9 Å². The predicted octanol–water partition coefficient (Wildman–Crippen LogP) is 2.47. The van der Waals surface area contributed by atoms with Crippen LogP contribution in [-0.4, -0.2) is 51.4 Å². The zero-order valence-corrected chi connectivity index (χ0v) is 18.1. The number of sulfonamides is 1. The van der Waals surface area contributed by atoms with Gasteiger partial charge in [-0.25, -0.2) is 17.1 Å². The number of benzene rings is 2. The first-order valence-corrected chi connectivity index (χ1v) is 11.0. The van der Waals surface area contributed by atoms with Crippen LogP contribution in [0.1, 0.15) is 11.1 Å². The van der Waals surface area contributed by atoms with Crippen LogP contribution in [0.15, 0.2) is 58.5 Å². The normalized spacial score (nSPS) is 12.5. The Hall–Kier alpha value is -2.91. The molecule has 160 valence electrons. The molecule has 0 fully saturated rings. The fourth-order valence-electron chi connectivity index (χ4n) is 3.07. The van der Waals surface area contributed by atoms with Gasteiger partial charge >= 0.3 is 0 Å². The van der Waals surface area contributed by atoms with Gasteiger partial charge in [-0.15, -0.1) is 0 Å². The van der Waals surface area contributed by atoms with Crippen molar-refractivity contribution in [3.63, 3.8) is 0 Å². The van der Waals surface area contributed by atoms with Gasteiger partial charge in [0, 0.05) is 51.3 Å². The third-order valence-electron chi connectivity index (χ3n) is 4.80. The van der Waals surface area contributed by atoms with E-state index in [0.29, 0.717) is 25.5 Å². The number of hydrogen-bond donors (Lipinski definition) is 3. The smallest absolute Gasteiger partial charge is 0.242 e. The molecular weight excluding hydrogens is 405 g/mol. The molecular formula is C21H26FN5O2S. The second-order valence-electron chi connectivity index (χ2n) is 7.04. The van der Waals surface area contributed by atoms with Crippen LogP contribution in [0.4, 0.5) is 4.39 Å². The van der Waals surface area contributed by atoms with Crippen LogP contribution in [0.2, 0.25) is 0 Å². The van der Waals surface area contributed by atoms with Crippen molar-refractivity contribution in [1.82, 2.24) is 19.9 Å². The Bertz CT molecular complexity index is 1140. The fourth-order valence-corrected chi connectivity index (χ4v) is 3.97. The van der Waals surface area contributed by atoms with Crippen molar-refractivity contribution in [3.05, 3.63) is 65.6 Å². The number of aromatic amines is 1. The van der Waals surface area contributed by atoms with Gasteiger partial charge in [-0.2, -0.15) is 0 Å². The first-order chi connectivity index (χ1) is 14.3. The van der Waals surface area contributed by atoms with E-state index in [1.807, 2.05) is 6.20 Å². The van der Waals surface area contributed by atoms with E-state index in [0.717, 1.165) is 22.0 Å². The molecule has 7 nitrogen and oxygen atoms in total. The van der Waals surface area contributed by atoms with Crippen LogP contribution < -0.4 is 10.6 Å². The number of fused-ring (bicyclic) bond motifs is 1. The van der Waals surface area contributed by atoms with Gasteiger partial charge in [0.05, 0.1) is 4.90 Å². The summed E-state index contributed by atoms with van der Waals surface area (Å²) in [6.45, 7) is 1.13. The summed E-state index contributed by atoms with van der Waals surface area (Å²) in [6.07, 6.45) is 2.60. The number of rotatable bonds is 7.